The number of nitrogens with one attached hydrogen (secondary N) is 2. The third-order valence-corrected chi connectivity index (χ3v) is 3.65. The lowest BCUT2D eigenvalue weighted by molar-refractivity contribution is -0.114. The Bertz CT molecular complexity index is 991. The molecule has 0 fully saturated rings. The second-order valence-electron chi connectivity index (χ2n) is 5.23. The topological polar surface area (TPSA) is 74.8 Å². The fraction of sp³-hybridized carbons (Fsp3) is 0.0556. The highest BCUT2D eigenvalue weighted by atomic mass is 35.5. The van der Waals surface area contributed by atoms with E-state index in [1.807, 2.05) is 18.2 Å². The van der Waals surface area contributed by atoms with Gasteiger partial charge in [-0.15, -0.1) is 0 Å². The molecule has 1 aromatic heterocycles. The van der Waals surface area contributed by atoms with Crippen molar-refractivity contribution in [2.45, 2.75) is 6.92 Å². The minimum atomic E-state index is -0.233. The quantitative estimate of drug-likeness (QED) is 0.765. The van der Waals surface area contributed by atoms with Crippen LogP contribution in [-0.4, -0.2) is 15.9 Å². The van der Waals surface area contributed by atoms with Gasteiger partial charge in [-0.3, -0.25) is 9.59 Å². The zero-order chi connectivity index (χ0) is 17.1. The molecule has 3 rings (SSSR count). The number of para-hydroxylation sites is 1. The Balaban J connectivity index is 1.93. The molecule has 0 saturated carbocycles. The van der Waals surface area contributed by atoms with Crippen LogP contribution >= 0.6 is 11.6 Å². The Morgan fingerprint density at radius 1 is 1.17 bits per heavy atom. The maximum absolute atomic E-state index is 12.1. The molecule has 2 N–H and O–H groups in total. The molecule has 3 aromatic rings. The molecule has 0 bridgehead atoms. The monoisotopic (exact) mass is 339 g/mol. The second-order valence-corrected chi connectivity index (χ2v) is 5.63. The number of fused-ring (bicyclic) bond motifs is 1. The van der Waals surface area contributed by atoms with E-state index in [1.54, 1.807) is 36.4 Å². The average molecular weight is 340 g/mol. The van der Waals surface area contributed by atoms with Crippen LogP contribution in [0.1, 0.15) is 18.3 Å². The zero-order valence-corrected chi connectivity index (χ0v) is 13.6. The fourth-order valence-corrected chi connectivity index (χ4v) is 2.50. The van der Waals surface area contributed by atoms with Crippen LogP contribution in [0, 0.1) is 0 Å². The van der Waals surface area contributed by atoms with Gasteiger partial charge in [0.15, 0.2) is 5.82 Å². The molecule has 1 heterocycles. The number of anilines is 1. The molecule has 6 heteroatoms. The maximum Gasteiger partial charge on any atom is 0.259 e. The molecule has 24 heavy (non-hydrogen) atoms. The molecule has 5 nitrogen and oxygen atoms in total. The lowest BCUT2D eigenvalue weighted by Gasteiger charge is -2.04. The van der Waals surface area contributed by atoms with Gasteiger partial charge < -0.3 is 10.3 Å². The second kappa shape index (κ2) is 6.68. The summed E-state index contributed by atoms with van der Waals surface area (Å²) in [5, 5.41) is 3.54. The number of halogens is 1. The van der Waals surface area contributed by atoms with Crippen molar-refractivity contribution >= 4 is 45.2 Å². The van der Waals surface area contributed by atoms with Gasteiger partial charge in [0.25, 0.3) is 5.56 Å². The normalized spacial score (nSPS) is 11.5. The van der Waals surface area contributed by atoms with Crippen molar-refractivity contribution < 1.29 is 4.79 Å². The number of H-pyrrole nitrogens is 1. The predicted octanol–water partition coefficient (Wildman–Crippen LogP) is 3.62. The van der Waals surface area contributed by atoms with Crippen molar-refractivity contribution in [3.8, 4) is 0 Å². The number of rotatable bonds is 3. The maximum atomic E-state index is 12.1. The molecule has 0 unspecified atom stereocenters. The van der Waals surface area contributed by atoms with E-state index in [4.69, 9.17) is 11.6 Å². The standard InChI is InChI=1S/C18H14ClN3O2/c1-11(23)20-13-8-6-12(7-9-13)10-15(19)17-21-16-5-3-2-4-14(16)18(24)22-17/h2-10H,1H3,(H,20,23)(H,21,22,24). The van der Waals surface area contributed by atoms with Gasteiger partial charge in [0.05, 0.1) is 15.9 Å². The van der Waals surface area contributed by atoms with Crippen molar-refractivity contribution in [1.29, 1.82) is 0 Å². The first-order valence-corrected chi connectivity index (χ1v) is 7.65. The molecule has 0 aliphatic rings. The van der Waals surface area contributed by atoms with Crippen LogP contribution in [-0.2, 0) is 4.79 Å². The van der Waals surface area contributed by atoms with Gasteiger partial charge in [0, 0.05) is 12.6 Å². The Hall–Kier alpha value is -2.92. The van der Waals surface area contributed by atoms with Crippen LogP contribution < -0.4 is 10.9 Å². The van der Waals surface area contributed by atoms with Crippen LogP contribution in [0.15, 0.2) is 53.3 Å². The summed E-state index contributed by atoms with van der Waals surface area (Å²) >= 11 is 6.30. The smallest absolute Gasteiger partial charge is 0.259 e. The molecular weight excluding hydrogens is 326 g/mol. The third kappa shape index (κ3) is 3.52. The number of carbonyl (C=O) groups is 1. The average Bonchev–Trinajstić information content (AvgIpc) is 2.56. The van der Waals surface area contributed by atoms with Crippen LogP contribution in [0.4, 0.5) is 5.69 Å². The van der Waals surface area contributed by atoms with Crippen molar-refractivity contribution in [1.82, 2.24) is 9.97 Å². The summed E-state index contributed by atoms with van der Waals surface area (Å²) in [4.78, 5) is 30.2. The number of amides is 1. The number of hydrogen-bond acceptors (Lipinski definition) is 3. The first-order valence-electron chi connectivity index (χ1n) is 7.27. The summed E-state index contributed by atoms with van der Waals surface area (Å²) in [5.74, 6) is 0.181. The van der Waals surface area contributed by atoms with Crippen LogP contribution in [0.2, 0.25) is 0 Å². The van der Waals surface area contributed by atoms with E-state index in [9.17, 15) is 9.59 Å². The molecule has 120 valence electrons. The van der Waals surface area contributed by atoms with Gasteiger partial charge in [-0.2, -0.15) is 0 Å². The molecule has 0 spiro atoms. The van der Waals surface area contributed by atoms with Gasteiger partial charge in [-0.1, -0.05) is 35.9 Å². The highest BCUT2D eigenvalue weighted by Crippen LogP contribution is 2.20. The molecule has 0 aliphatic heterocycles. The molecule has 0 saturated heterocycles. The van der Waals surface area contributed by atoms with Gasteiger partial charge >= 0.3 is 0 Å². The molecule has 2 aromatic carbocycles. The summed E-state index contributed by atoms with van der Waals surface area (Å²) in [6.07, 6.45) is 1.70. The van der Waals surface area contributed by atoms with Crippen molar-refractivity contribution in [3.05, 3.63) is 70.3 Å². The number of aromatic amines is 1. The highest BCUT2D eigenvalue weighted by Gasteiger charge is 2.06. The Labute approximate surface area is 143 Å². The van der Waals surface area contributed by atoms with Crippen LogP contribution in [0.25, 0.3) is 22.0 Å². The third-order valence-electron chi connectivity index (χ3n) is 3.36. The molecule has 0 atom stereocenters. The summed E-state index contributed by atoms with van der Waals surface area (Å²) in [6.45, 7) is 1.45. The Morgan fingerprint density at radius 3 is 2.58 bits per heavy atom. The minimum absolute atomic E-state index is 0.130. The Morgan fingerprint density at radius 2 is 1.88 bits per heavy atom. The fourth-order valence-electron chi connectivity index (χ4n) is 2.28. The first-order chi connectivity index (χ1) is 11.5. The van der Waals surface area contributed by atoms with E-state index in [0.29, 0.717) is 27.4 Å². The van der Waals surface area contributed by atoms with E-state index in [0.717, 1.165) is 5.56 Å². The summed E-state index contributed by atoms with van der Waals surface area (Å²) in [5.41, 5.74) is 1.88. The van der Waals surface area contributed by atoms with E-state index in [2.05, 4.69) is 15.3 Å². The largest absolute Gasteiger partial charge is 0.326 e. The van der Waals surface area contributed by atoms with E-state index < -0.39 is 0 Å². The van der Waals surface area contributed by atoms with Crippen LogP contribution in [0.3, 0.4) is 0 Å². The predicted molar refractivity (Wildman–Crippen MR) is 96.8 cm³/mol. The lowest BCUT2D eigenvalue weighted by Crippen LogP contribution is -2.10. The zero-order valence-electron chi connectivity index (χ0n) is 12.8. The van der Waals surface area contributed by atoms with Crippen molar-refractivity contribution in [3.63, 3.8) is 0 Å². The minimum Gasteiger partial charge on any atom is -0.326 e. The molecule has 1 amide bonds. The van der Waals surface area contributed by atoms with E-state index in [-0.39, 0.29) is 11.5 Å². The number of hydrogen-bond donors (Lipinski definition) is 2. The van der Waals surface area contributed by atoms with E-state index >= 15 is 0 Å². The van der Waals surface area contributed by atoms with Gasteiger partial charge in [0.1, 0.15) is 0 Å². The summed E-state index contributed by atoms with van der Waals surface area (Å²) in [7, 11) is 0. The van der Waals surface area contributed by atoms with Gasteiger partial charge in [0.2, 0.25) is 5.91 Å². The number of carbonyl (C=O) groups excluding carboxylic acids is 1. The number of nitrogens with zero attached hydrogens (tertiary/aromatic N) is 1. The first kappa shape index (κ1) is 16.0. The SMILES string of the molecule is CC(=O)Nc1ccc(C=C(Cl)c2nc3ccccc3c(=O)[nH]2)cc1. The van der Waals surface area contributed by atoms with Crippen molar-refractivity contribution in [2.24, 2.45) is 0 Å². The number of aromatic nitrogens is 2. The lowest BCUT2D eigenvalue weighted by atomic mass is 10.2. The van der Waals surface area contributed by atoms with Gasteiger partial charge in [-0.05, 0) is 35.9 Å². The van der Waals surface area contributed by atoms with Crippen LogP contribution in [0.5, 0.6) is 0 Å². The highest BCUT2D eigenvalue weighted by molar-refractivity contribution is 6.50. The molecule has 0 radical (unpaired) electrons. The van der Waals surface area contributed by atoms with E-state index in [1.165, 1.54) is 6.92 Å². The summed E-state index contributed by atoms with van der Waals surface area (Å²) in [6, 6.07) is 14.2. The van der Waals surface area contributed by atoms with Gasteiger partial charge in [-0.25, -0.2) is 4.98 Å². The number of benzene rings is 2. The molecule has 0 aliphatic carbocycles. The van der Waals surface area contributed by atoms with Crippen molar-refractivity contribution in [2.75, 3.05) is 5.32 Å². The summed E-state index contributed by atoms with van der Waals surface area (Å²) < 4.78 is 0. The molecular formula is C18H14ClN3O2. The Kier molecular flexibility index (Phi) is 4.44.